The van der Waals surface area contributed by atoms with Crippen LogP contribution in [0.4, 0.5) is 0 Å². The van der Waals surface area contributed by atoms with Crippen LogP contribution in [0.5, 0.6) is 5.75 Å². The molecule has 5 amide bonds. The fraction of sp³-hybridized carbons (Fsp3) is 0.429. The molecule has 4 aromatic rings. The van der Waals surface area contributed by atoms with Crippen LogP contribution in [-0.2, 0) is 19.2 Å². The van der Waals surface area contributed by atoms with Crippen LogP contribution in [-0.4, -0.2) is 85.8 Å². The van der Waals surface area contributed by atoms with E-state index in [1.165, 1.54) is 10.9 Å². The number of fused-ring (bicyclic) bond motifs is 4. The Labute approximate surface area is 350 Å². The van der Waals surface area contributed by atoms with Crippen molar-refractivity contribution in [2.75, 3.05) is 19.7 Å². The van der Waals surface area contributed by atoms with Crippen LogP contribution in [0, 0.1) is 20.8 Å². The van der Waals surface area contributed by atoms with E-state index in [2.05, 4.69) is 40.0 Å². The number of thiophene rings is 1. The quantitative estimate of drug-likeness (QED) is 0.0877. The number of unbranched alkanes of at least 4 members (excludes halogenated alkanes) is 5. The Morgan fingerprint density at radius 1 is 0.932 bits per heavy atom. The highest BCUT2D eigenvalue weighted by Crippen LogP contribution is 2.41. The number of aliphatic hydroxyl groups excluding tert-OH is 1. The third kappa shape index (κ3) is 8.94. The Bertz CT molecular complexity index is 2310. The number of amides is 5. The second kappa shape index (κ2) is 18.2. The van der Waals surface area contributed by atoms with Crippen molar-refractivity contribution < 1.29 is 33.8 Å². The second-order valence-electron chi connectivity index (χ2n) is 15.0. The largest absolute Gasteiger partial charge is 0.483 e. The molecular weight excluding hydrogens is 796 g/mol. The number of carbonyl (C=O) groups excluding carboxylic acids is 5. The molecule has 0 saturated carbocycles. The van der Waals surface area contributed by atoms with E-state index in [9.17, 15) is 29.1 Å². The van der Waals surface area contributed by atoms with E-state index in [0.717, 1.165) is 76.7 Å². The number of aromatic nitrogens is 3. The van der Waals surface area contributed by atoms with Crippen LogP contribution in [0.2, 0.25) is 5.02 Å². The van der Waals surface area contributed by atoms with Gasteiger partial charge >= 0.3 is 0 Å². The van der Waals surface area contributed by atoms with Crippen molar-refractivity contribution >= 4 is 58.2 Å². The second-order valence-corrected chi connectivity index (χ2v) is 16.6. The Balaban J connectivity index is 0.811. The maximum atomic E-state index is 13.3. The SMILES string of the molecule is Cc1sc2c(c1C)C(c1ccc(Cl)cc1)=NC(CC(=O)NCCCCCCCCNC(=O)COc1cccc3c1C(=O)N(C1CCC(=O)NC1=O)C3O)c1nnc(C)n1-2. The van der Waals surface area contributed by atoms with E-state index in [1.807, 2.05) is 35.8 Å². The molecule has 5 heterocycles. The third-order valence-corrected chi connectivity index (χ3v) is 12.4. The van der Waals surface area contributed by atoms with Crippen molar-refractivity contribution in [2.45, 2.75) is 96.9 Å². The molecule has 59 heavy (non-hydrogen) atoms. The zero-order chi connectivity index (χ0) is 41.8. The molecule has 3 aliphatic rings. The van der Waals surface area contributed by atoms with Crippen molar-refractivity contribution in [1.29, 1.82) is 0 Å². The van der Waals surface area contributed by atoms with Crippen LogP contribution in [0.25, 0.3) is 5.00 Å². The van der Waals surface area contributed by atoms with Crippen molar-refractivity contribution in [2.24, 2.45) is 4.99 Å². The number of rotatable bonds is 16. The predicted molar refractivity (Wildman–Crippen MR) is 221 cm³/mol. The summed E-state index contributed by atoms with van der Waals surface area (Å²) in [6, 6.07) is 10.8. The van der Waals surface area contributed by atoms with Gasteiger partial charge in [-0.2, -0.15) is 0 Å². The van der Waals surface area contributed by atoms with Gasteiger partial charge in [-0.15, -0.1) is 21.5 Å². The first-order valence-electron chi connectivity index (χ1n) is 19.9. The maximum absolute atomic E-state index is 13.3. The van der Waals surface area contributed by atoms with Crippen molar-refractivity contribution in [3.63, 3.8) is 0 Å². The molecule has 0 aliphatic carbocycles. The highest BCUT2D eigenvalue weighted by atomic mass is 35.5. The predicted octanol–water partition coefficient (Wildman–Crippen LogP) is 5.09. The lowest BCUT2D eigenvalue weighted by Crippen LogP contribution is -2.53. The summed E-state index contributed by atoms with van der Waals surface area (Å²) in [6.45, 7) is 6.80. The Morgan fingerprint density at radius 2 is 1.63 bits per heavy atom. The number of halogens is 1. The highest BCUT2D eigenvalue weighted by Gasteiger charge is 2.46. The Hall–Kier alpha value is -5.45. The average molecular weight is 843 g/mol. The lowest BCUT2D eigenvalue weighted by atomic mass is 9.99. The first-order valence-corrected chi connectivity index (χ1v) is 21.1. The van der Waals surface area contributed by atoms with Gasteiger partial charge in [0, 0.05) is 46.1 Å². The number of hydrogen-bond donors (Lipinski definition) is 4. The minimum absolute atomic E-state index is 0.0580. The lowest BCUT2D eigenvalue weighted by molar-refractivity contribution is -0.139. The van der Waals surface area contributed by atoms with Gasteiger partial charge in [0.25, 0.3) is 11.8 Å². The summed E-state index contributed by atoms with van der Waals surface area (Å²) in [5.41, 5.74) is 4.26. The molecule has 4 N–H and O–H groups in total. The Kier molecular flexibility index (Phi) is 12.9. The molecule has 0 radical (unpaired) electrons. The number of aliphatic imine (C=N–C) groups is 1. The minimum atomic E-state index is -1.38. The number of aliphatic hydroxyl groups is 1. The summed E-state index contributed by atoms with van der Waals surface area (Å²) in [7, 11) is 0. The molecule has 3 aliphatic heterocycles. The molecule has 0 bridgehead atoms. The van der Waals surface area contributed by atoms with Crippen LogP contribution in [0.15, 0.2) is 47.5 Å². The van der Waals surface area contributed by atoms with Crippen LogP contribution in [0.1, 0.15) is 119 Å². The minimum Gasteiger partial charge on any atom is -0.483 e. The van der Waals surface area contributed by atoms with Gasteiger partial charge in [-0.1, -0.05) is 61.5 Å². The van der Waals surface area contributed by atoms with E-state index in [1.54, 1.807) is 23.5 Å². The zero-order valence-corrected chi connectivity index (χ0v) is 34.8. The molecule has 0 spiro atoms. The van der Waals surface area contributed by atoms with Gasteiger partial charge in [0.15, 0.2) is 18.7 Å². The zero-order valence-electron chi connectivity index (χ0n) is 33.2. The fourth-order valence-corrected chi connectivity index (χ4v) is 9.09. The first kappa shape index (κ1) is 41.7. The summed E-state index contributed by atoms with van der Waals surface area (Å²) >= 11 is 7.89. The summed E-state index contributed by atoms with van der Waals surface area (Å²) in [6.07, 6.45) is 4.38. The number of carbonyl (C=O) groups is 5. The smallest absolute Gasteiger partial charge is 0.261 e. The van der Waals surface area contributed by atoms with Gasteiger partial charge in [0.2, 0.25) is 17.7 Å². The Morgan fingerprint density at radius 3 is 2.34 bits per heavy atom. The standard InChI is InChI=1S/C42H47ClN8O7S/c1-23-24(2)59-42-35(23)37(26-13-15-27(43)16-14-26)46-29(38-49-48-25(3)50(38)42)21-33(53)44-19-8-6-4-5-7-9-20-45-34(54)22-58-31-12-10-11-28-36(31)41(57)51(40(28)56)30-17-18-32(52)47-39(30)55/h10-16,29-30,40,56H,4-9,17-22H2,1-3H3,(H,44,53)(H,45,54)(H,47,52,55). The third-order valence-electron chi connectivity index (χ3n) is 10.9. The van der Waals surface area contributed by atoms with Crippen molar-refractivity contribution in [3.05, 3.63) is 91.8 Å². The number of ether oxygens (including phenoxy) is 1. The molecule has 7 rings (SSSR count). The number of piperidine rings is 1. The van der Waals surface area contributed by atoms with E-state index in [4.69, 9.17) is 21.3 Å². The number of aryl methyl sites for hydroxylation is 2. The fourth-order valence-electron chi connectivity index (χ4n) is 7.75. The normalized spacial score (nSPS) is 18.4. The van der Waals surface area contributed by atoms with Gasteiger partial charge in [-0.25, -0.2) is 0 Å². The van der Waals surface area contributed by atoms with Crippen molar-refractivity contribution in [3.8, 4) is 10.8 Å². The topological polar surface area (TPSA) is 197 Å². The molecule has 3 unspecified atom stereocenters. The van der Waals surface area contributed by atoms with Crippen LogP contribution < -0.4 is 20.7 Å². The average Bonchev–Trinajstić information content (AvgIpc) is 3.79. The van der Waals surface area contributed by atoms with E-state index < -0.39 is 36.0 Å². The van der Waals surface area contributed by atoms with E-state index in [-0.39, 0.29) is 54.6 Å². The molecule has 310 valence electrons. The van der Waals surface area contributed by atoms with Gasteiger partial charge in [-0.05, 0) is 63.8 Å². The summed E-state index contributed by atoms with van der Waals surface area (Å²) in [4.78, 5) is 70.5. The van der Waals surface area contributed by atoms with Crippen LogP contribution >= 0.6 is 22.9 Å². The summed E-state index contributed by atoms with van der Waals surface area (Å²) in [5, 5.41) is 29.5. The molecule has 2 aromatic heterocycles. The molecule has 15 nitrogen and oxygen atoms in total. The monoisotopic (exact) mass is 842 g/mol. The van der Waals surface area contributed by atoms with Gasteiger partial charge in [0.05, 0.1) is 17.7 Å². The van der Waals surface area contributed by atoms with Crippen molar-refractivity contribution in [1.82, 2.24) is 35.6 Å². The molecule has 1 saturated heterocycles. The molecule has 1 fully saturated rings. The molecule has 17 heteroatoms. The number of nitrogens with zero attached hydrogens (tertiary/aromatic N) is 5. The number of hydrogen-bond acceptors (Lipinski definition) is 11. The maximum Gasteiger partial charge on any atom is 0.261 e. The molecule has 2 aromatic carbocycles. The molecule has 3 atom stereocenters. The van der Waals surface area contributed by atoms with E-state index >= 15 is 0 Å². The highest BCUT2D eigenvalue weighted by molar-refractivity contribution is 7.15. The number of nitrogens with one attached hydrogen (secondary N) is 3. The van der Waals surface area contributed by atoms with E-state index in [0.29, 0.717) is 23.9 Å². The lowest BCUT2D eigenvalue weighted by Gasteiger charge is -2.31. The van der Waals surface area contributed by atoms with Gasteiger partial charge in [-0.3, -0.25) is 43.7 Å². The number of imide groups is 1. The van der Waals surface area contributed by atoms with Gasteiger partial charge < -0.3 is 20.5 Å². The first-order chi connectivity index (χ1) is 28.4. The summed E-state index contributed by atoms with van der Waals surface area (Å²) < 4.78 is 7.73. The summed E-state index contributed by atoms with van der Waals surface area (Å²) in [5.74, 6) is -0.592. The number of benzene rings is 2. The van der Waals surface area contributed by atoms with Crippen LogP contribution in [0.3, 0.4) is 0 Å². The molecular formula is C42H47ClN8O7S. The van der Waals surface area contributed by atoms with Gasteiger partial charge in [0.1, 0.15) is 28.7 Å².